The summed E-state index contributed by atoms with van der Waals surface area (Å²) in [4.78, 5) is 11.7. The third-order valence-electron chi connectivity index (χ3n) is 3.37. The van der Waals surface area contributed by atoms with E-state index in [2.05, 4.69) is 10.6 Å². The number of carbonyl (C=O) groups is 1. The van der Waals surface area contributed by atoms with E-state index in [0.29, 0.717) is 42.0 Å². The van der Waals surface area contributed by atoms with Gasteiger partial charge in [-0.15, -0.1) is 0 Å². The van der Waals surface area contributed by atoms with Crippen molar-refractivity contribution in [1.82, 2.24) is 10.6 Å². The number of hydrogen-bond donors (Lipinski definition) is 2. The number of nitrogens with one attached hydrogen (secondary N) is 2. The maximum absolute atomic E-state index is 11.7. The molecule has 126 valence electrons. The van der Waals surface area contributed by atoms with E-state index in [0.717, 1.165) is 5.56 Å². The van der Waals surface area contributed by atoms with Gasteiger partial charge in [0.15, 0.2) is 11.5 Å². The lowest BCUT2D eigenvalue weighted by Crippen LogP contribution is -2.37. The van der Waals surface area contributed by atoms with Gasteiger partial charge in [-0.05, 0) is 29.8 Å². The minimum Gasteiger partial charge on any atom is -0.492 e. The first-order valence-electron chi connectivity index (χ1n) is 7.49. The third-order valence-corrected chi connectivity index (χ3v) is 3.62. The molecule has 3 rings (SSSR count). The van der Waals surface area contributed by atoms with Crippen LogP contribution in [0.25, 0.3) is 0 Å². The average Bonchev–Trinajstić information content (AvgIpc) is 3.06. The van der Waals surface area contributed by atoms with E-state index in [4.69, 9.17) is 25.8 Å². The molecule has 0 saturated heterocycles. The van der Waals surface area contributed by atoms with Gasteiger partial charge in [0.1, 0.15) is 12.4 Å². The fourth-order valence-electron chi connectivity index (χ4n) is 2.15. The van der Waals surface area contributed by atoms with E-state index in [-0.39, 0.29) is 12.8 Å². The van der Waals surface area contributed by atoms with Gasteiger partial charge in [0.2, 0.25) is 6.79 Å². The molecule has 0 atom stereocenters. The van der Waals surface area contributed by atoms with Crippen LogP contribution in [0, 0.1) is 0 Å². The van der Waals surface area contributed by atoms with Crippen molar-refractivity contribution in [2.75, 3.05) is 19.9 Å². The Morgan fingerprint density at radius 1 is 1.08 bits per heavy atom. The molecule has 0 aliphatic carbocycles. The third kappa shape index (κ3) is 4.45. The van der Waals surface area contributed by atoms with Crippen molar-refractivity contribution in [1.29, 1.82) is 0 Å². The van der Waals surface area contributed by atoms with Crippen LogP contribution in [-0.2, 0) is 6.54 Å². The van der Waals surface area contributed by atoms with Crippen LogP contribution < -0.4 is 24.8 Å². The van der Waals surface area contributed by atoms with Gasteiger partial charge in [-0.3, -0.25) is 0 Å². The molecular formula is C17H17ClN2O4. The van der Waals surface area contributed by atoms with Gasteiger partial charge in [-0.25, -0.2) is 4.79 Å². The van der Waals surface area contributed by atoms with Crippen molar-refractivity contribution in [3.8, 4) is 17.2 Å². The van der Waals surface area contributed by atoms with Crippen LogP contribution in [0.1, 0.15) is 5.56 Å². The van der Waals surface area contributed by atoms with Crippen LogP contribution in [0.15, 0.2) is 42.5 Å². The summed E-state index contributed by atoms with van der Waals surface area (Å²) in [5, 5.41) is 6.17. The Morgan fingerprint density at radius 3 is 2.71 bits per heavy atom. The van der Waals surface area contributed by atoms with Crippen molar-refractivity contribution >= 4 is 17.6 Å². The van der Waals surface area contributed by atoms with Gasteiger partial charge < -0.3 is 24.8 Å². The molecule has 6 nitrogen and oxygen atoms in total. The number of benzene rings is 2. The first-order valence-corrected chi connectivity index (χ1v) is 7.87. The number of urea groups is 1. The highest BCUT2D eigenvalue weighted by molar-refractivity contribution is 6.30. The summed E-state index contributed by atoms with van der Waals surface area (Å²) in [6, 6.07) is 12.4. The smallest absolute Gasteiger partial charge is 0.315 e. The van der Waals surface area contributed by atoms with Gasteiger partial charge in [0.25, 0.3) is 0 Å². The van der Waals surface area contributed by atoms with Crippen molar-refractivity contribution < 1.29 is 19.0 Å². The molecule has 1 heterocycles. The Hall–Kier alpha value is -2.60. The van der Waals surface area contributed by atoms with Gasteiger partial charge in [-0.2, -0.15) is 0 Å². The van der Waals surface area contributed by atoms with Crippen LogP contribution >= 0.6 is 11.6 Å². The standard InChI is InChI=1S/C17H17ClN2O4/c18-13-3-1-12(2-4-13)10-20-17(21)19-7-8-22-14-5-6-15-16(9-14)24-11-23-15/h1-6,9H,7-8,10-11H2,(H2,19,20,21). The number of carbonyl (C=O) groups excluding carboxylic acids is 1. The van der Waals surface area contributed by atoms with E-state index >= 15 is 0 Å². The topological polar surface area (TPSA) is 68.8 Å². The number of halogens is 1. The SMILES string of the molecule is O=C(NCCOc1ccc2c(c1)OCO2)NCc1ccc(Cl)cc1. The van der Waals surface area contributed by atoms with Gasteiger partial charge in [0.05, 0.1) is 6.54 Å². The zero-order chi connectivity index (χ0) is 16.8. The molecule has 0 unspecified atom stereocenters. The second-order valence-corrected chi connectivity index (χ2v) is 5.54. The molecule has 0 bridgehead atoms. The van der Waals surface area contributed by atoms with Crippen molar-refractivity contribution in [2.45, 2.75) is 6.54 Å². The summed E-state index contributed by atoms with van der Waals surface area (Å²) < 4.78 is 16.1. The van der Waals surface area contributed by atoms with E-state index in [1.54, 1.807) is 30.3 Å². The Bertz CT molecular complexity index is 706. The number of fused-ring (bicyclic) bond motifs is 1. The summed E-state index contributed by atoms with van der Waals surface area (Å²) in [5.74, 6) is 2.05. The molecule has 2 aromatic carbocycles. The Kier molecular flexibility index (Phi) is 5.28. The van der Waals surface area contributed by atoms with Crippen molar-refractivity contribution in [3.05, 3.63) is 53.1 Å². The van der Waals surface area contributed by atoms with Gasteiger partial charge in [-0.1, -0.05) is 23.7 Å². The lowest BCUT2D eigenvalue weighted by atomic mass is 10.2. The zero-order valence-electron chi connectivity index (χ0n) is 12.9. The number of hydrogen-bond acceptors (Lipinski definition) is 4. The van der Waals surface area contributed by atoms with Crippen molar-refractivity contribution in [3.63, 3.8) is 0 Å². The summed E-state index contributed by atoms with van der Waals surface area (Å²) in [6.07, 6.45) is 0. The monoisotopic (exact) mass is 348 g/mol. The molecule has 0 aromatic heterocycles. The average molecular weight is 349 g/mol. The Balaban J connectivity index is 1.34. The summed E-state index contributed by atoms with van der Waals surface area (Å²) >= 11 is 5.81. The maximum atomic E-state index is 11.7. The van der Waals surface area contributed by atoms with Crippen LogP contribution in [0.2, 0.25) is 5.02 Å². The second-order valence-electron chi connectivity index (χ2n) is 5.10. The van der Waals surface area contributed by atoms with E-state index in [9.17, 15) is 4.79 Å². The fraction of sp³-hybridized carbons (Fsp3) is 0.235. The molecular weight excluding hydrogens is 332 g/mol. The lowest BCUT2D eigenvalue weighted by Gasteiger charge is -2.09. The molecule has 2 N–H and O–H groups in total. The van der Waals surface area contributed by atoms with E-state index < -0.39 is 0 Å². The van der Waals surface area contributed by atoms with Crippen LogP contribution in [-0.4, -0.2) is 26.0 Å². The number of rotatable bonds is 6. The summed E-state index contributed by atoms with van der Waals surface area (Å²) in [7, 11) is 0. The zero-order valence-corrected chi connectivity index (χ0v) is 13.6. The van der Waals surface area contributed by atoms with Gasteiger partial charge in [0, 0.05) is 17.6 Å². The molecule has 7 heteroatoms. The van der Waals surface area contributed by atoms with Gasteiger partial charge >= 0.3 is 6.03 Å². The lowest BCUT2D eigenvalue weighted by molar-refractivity contribution is 0.173. The quantitative estimate of drug-likeness (QED) is 0.787. The van der Waals surface area contributed by atoms with Crippen molar-refractivity contribution in [2.24, 2.45) is 0 Å². The minimum absolute atomic E-state index is 0.230. The predicted octanol–water partition coefficient (Wildman–Crippen LogP) is 2.95. The fourth-order valence-corrected chi connectivity index (χ4v) is 2.27. The molecule has 2 amide bonds. The maximum Gasteiger partial charge on any atom is 0.315 e. The molecule has 24 heavy (non-hydrogen) atoms. The van der Waals surface area contributed by atoms with Crippen LogP contribution in [0.5, 0.6) is 17.2 Å². The normalized spacial score (nSPS) is 11.9. The molecule has 1 aliphatic rings. The Morgan fingerprint density at radius 2 is 1.88 bits per heavy atom. The number of amides is 2. The second kappa shape index (κ2) is 7.79. The summed E-state index contributed by atoms with van der Waals surface area (Å²) in [6.45, 7) is 1.41. The Labute approximate surface area is 144 Å². The minimum atomic E-state index is -0.251. The summed E-state index contributed by atoms with van der Waals surface area (Å²) in [5.41, 5.74) is 0.978. The van der Waals surface area contributed by atoms with Crippen LogP contribution in [0.3, 0.4) is 0 Å². The highest BCUT2D eigenvalue weighted by atomic mass is 35.5. The predicted molar refractivity (Wildman–Crippen MR) is 89.8 cm³/mol. The highest BCUT2D eigenvalue weighted by Gasteiger charge is 2.13. The molecule has 2 aromatic rings. The molecule has 0 fully saturated rings. The van der Waals surface area contributed by atoms with E-state index in [1.807, 2.05) is 12.1 Å². The first-order chi connectivity index (χ1) is 11.7. The number of ether oxygens (including phenoxy) is 3. The van der Waals surface area contributed by atoms with E-state index in [1.165, 1.54) is 0 Å². The molecule has 0 spiro atoms. The molecule has 0 saturated carbocycles. The molecule has 1 aliphatic heterocycles. The first kappa shape index (κ1) is 16.3. The highest BCUT2D eigenvalue weighted by Crippen LogP contribution is 2.34. The molecule has 0 radical (unpaired) electrons. The van der Waals surface area contributed by atoms with Crippen LogP contribution in [0.4, 0.5) is 4.79 Å². The largest absolute Gasteiger partial charge is 0.492 e.